The maximum atomic E-state index is 5.75. The predicted octanol–water partition coefficient (Wildman–Crippen LogP) is 3.91. The van der Waals surface area contributed by atoms with E-state index in [9.17, 15) is 0 Å². The van der Waals surface area contributed by atoms with Crippen LogP contribution in [0.5, 0.6) is 5.75 Å². The summed E-state index contributed by atoms with van der Waals surface area (Å²) in [5, 5.41) is 4.59. The Balaban J connectivity index is 1.52. The van der Waals surface area contributed by atoms with Crippen LogP contribution < -0.4 is 10.1 Å². The molecule has 0 aliphatic heterocycles. The van der Waals surface area contributed by atoms with Crippen LogP contribution in [0.1, 0.15) is 11.3 Å². The van der Waals surface area contributed by atoms with Crippen molar-refractivity contribution in [3.63, 3.8) is 0 Å². The number of ether oxygens (including phenoxy) is 1. The van der Waals surface area contributed by atoms with E-state index in [1.807, 2.05) is 55.5 Å². The van der Waals surface area contributed by atoms with Crippen LogP contribution in [0.4, 0.5) is 0 Å². The topological polar surface area (TPSA) is 34.4 Å². The van der Waals surface area contributed by atoms with Gasteiger partial charge in [0.15, 0.2) is 0 Å². The number of para-hydroxylation sites is 2. The third kappa shape index (κ3) is 3.26. The maximum absolute atomic E-state index is 5.75. The van der Waals surface area contributed by atoms with Crippen molar-refractivity contribution >= 4 is 11.0 Å². The number of furan rings is 1. The first kappa shape index (κ1) is 13.7. The quantitative estimate of drug-likeness (QED) is 0.696. The Bertz CT molecular complexity index is 704. The molecule has 0 bridgehead atoms. The third-order valence-electron chi connectivity index (χ3n) is 3.49. The second kappa shape index (κ2) is 6.46. The summed E-state index contributed by atoms with van der Waals surface area (Å²) in [5.74, 6) is 1.89. The molecular weight excluding hydrogens is 262 g/mol. The van der Waals surface area contributed by atoms with E-state index >= 15 is 0 Å². The van der Waals surface area contributed by atoms with E-state index in [1.165, 1.54) is 10.9 Å². The number of aryl methyl sites for hydroxylation is 1. The Labute approximate surface area is 124 Å². The van der Waals surface area contributed by atoms with Gasteiger partial charge in [-0.15, -0.1) is 0 Å². The Morgan fingerprint density at radius 3 is 2.62 bits per heavy atom. The summed E-state index contributed by atoms with van der Waals surface area (Å²) < 4.78 is 11.4. The highest BCUT2D eigenvalue weighted by Crippen LogP contribution is 2.24. The van der Waals surface area contributed by atoms with Crippen molar-refractivity contribution in [3.05, 3.63) is 65.9 Å². The second-order valence-corrected chi connectivity index (χ2v) is 4.97. The molecule has 0 saturated heterocycles. The zero-order valence-corrected chi connectivity index (χ0v) is 12.1. The predicted molar refractivity (Wildman–Crippen MR) is 84.6 cm³/mol. The van der Waals surface area contributed by atoms with Crippen LogP contribution in [-0.4, -0.2) is 13.2 Å². The number of hydrogen-bond donors (Lipinski definition) is 1. The number of hydrogen-bond acceptors (Lipinski definition) is 3. The molecule has 0 spiro atoms. The summed E-state index contributed by atoms with van der Waals surface area (Å²) in [7, 11) is 0. The molecule has 3 nitrogen and oxygen atoms in total. The smallest absolute Gasteiger partial charge is 0.134 e. The van der Waals surface area contributed by atoms with Crippen molar-refractivity contribution in [2.45, 2.75) is 13.5 Å². The van der Waals surface area contributed by atoms with E-state index in [-0.39, 0.29) is 0 Å². The zero-order chi connectivity index (χ0) is 14.5. The van der Waals surface area contributed by atoms with Gasteiger partial charge in [-0.1, -0.05) is 36.4 Å². The minimum atomic E-state index is 0.652. The van der Waals surface area contributed by atoms with E-state index in [0.717, 1.165) is 30.2 Å². The zero-order valence-electron chi connectivity index (χ0n) is 12.1. The fraction of sp³-hybridized carbons (Fsp3) is 0.222. The van der Waals surface area contributed by atoms with Crippen LogP contribution in [0.25, 0.3) is 11.0 Å². The van der Waals surface area contributed by atoms with Crippen LogP contribution in [-0.2, 0) is 6.54 Å². The van der Waals surface area contributed by atoms with Gasteiger partial charge in [-0.2, -0.15) is 0 Å². The van der Waals surface area contributed by atoms with Crippen LogP contribution in [0.15, 0.2) is 59.0 Å². The monoisotopic (exact) mass is 281 g/mol. The largest absolute Gasteiger partial charge is 0.492 e. The lowest BCUT2D eigenvalue weighted by Crippen LogP contribution is -2.20. The summed E-state index contributed by atoms with van der Waals surface area (Å²) >= 11 is 0. The van der Waals surface area contributed by atoms with Crippen LogP contribution in [0.2, 0.25) is 0 Å². The van der Waals surface area contributed by atoms with E-state index in [4.69, 9.17) is 9.15 Å². The van der Waals surface area contributed by atoms with E-state index < -0.39 is 0 Å². The molecule has 21 heavy (non-hydrogen) atoms. The van der Waals surface area contributed by atoms with Crippen LogP contribution in [0, 0.1) is 6.92 Å². The summed E-state index contributed by atoms with van der Waals surface area (Å²) in [6.45, 7) is 4.26. The minimum Gasteiger partial charge on any atom is -0.492 e. The standard InChI is InChI=1S/C18H19NO2/c1-14-17(16-9-5-6-10-18(16)21-14)13-19-11-12-20-15-7-3-2-4-8-15/h2-10,19H,11-13H2,1H3. The summed E-state index contributed by atoms with van der Waals surface area (Å²) in [4.78, 5) is 0. The Morgan fingerprint density at radius 2 is 1.76 bits per heavy atom. The van der Waals surface area contributed by atoms with Gasteiger partial charge in [0.05, 0.1) is 0 Å². The van der Waals surface area contributed by atoms with Crippen molar-refractivity contribution < 1.29 is 9.15 Å². The summed E-state index contributed by atoms with van der Waals surface area (Å²) in [5.41, 5.74) is 2.18. The summed E-state index contributed by atoms with van der Waals surface area (Å²) in [6.07, 6.45) is 0. The first-order valence-electron chi connectivity index (χ1n) is 7.20. The van der Waals surface area contributed by atoms with Crippen molar-refractivity contribution in [1.29, 1.82) is 0 Å². The minimum absolute atomic E-state index is 0.652. The third-order valence-corrected chi connectivity index (χ3v) is 3.49. The SMILES string of the molecule is Cc1oc2ccccc2c1CNCCOc1ccccc1. The first-order valence-corrected chi connectivity index (χ1v) is 7.20. The van der Waals surface area contributed by atoms with E-state index in [0.29, 0.717) is 6.61 Å². The number of fused-ring (bicyclic) bond motifs is 1. The van der Waals surface area contributed by atoms with Gasteiger partial charge in [-0.3, -0.25) is 0 Å². The molecule has 0 atom stereocenters. The Kier molecular flexibility index (Phi) is 4.22. The summed E-state index contributed by atoms with van der Waals surface area (Å²) in [6, 6.07) is 18.0. The highest BCUT2D eigenvalue weighted by molar-refractivity contribution is 5.82. The molecule has 1 N–H and O–H groups in total. The average Bonchev–Trinajstić information content (AvgIpc) is 2.84. The molecule has 0 saturated carbocycles. The molecule has 0 fully saturated rings. The average molecular weight is 281 g/mol. The molecule has 3 aromatic rings. The molecule has 108 valence electrons. The van der Waals surface area contributed by atoms with Gasteiger partial charge in [-0.25, -0.2) is 0 Å². The van der Waals surface area contributed by atoms with Gasteiger partial charge in [0.1, 0.15) is 23.7 Å². The van der Waals surface area contributed by atoms with Crippen LogP contribution in [0.3, 0.4) is 0 Å². The van der Waals surface area contributed by atoms with E-state index in [1.54, 1.807) is 0 Å². The Hall–Kier alpha value is -2.26. The highest BCUT2D eigenvalue weighted by Gasteiger charge is 2.09. The van der Waals surface area contributed by atoms with Crippen molar-refractivity contribution in [2.24, 2.45) is 0 Å². The van der Waals surface area contributed by atoms with Crippen LogP contribution >= 0.6 is 0 Å². The van der Waals surface area contributed by atoms with Gasteiger partial charge >= 0.3 is 0 Å². The normalized spacial score (nSPS) is 10.9. The van der Waals surface area contributed by atoms with E-state index in [2.05, 4.69) is 11.4 Å². The van der Waals surface area contributed by atoms with Gasteiger partial charge < -0.3 is 14.5 Å². The highest BCUT2D eigenvalue weighted by atomic mass is 16.5. The Morgan fingerprint density at radius 1 is 1.00 bits per heavy atom. The number of rotatable bonds is 6. The molecule has 0 aliphatic rings. The van der Waals surface area contributed by atoms with Gasteiger partial charge in [0.2, 0.25) is 0 Å². The second-order valence-electron chi connectivity index (χ2n) is 4.97. The molecule has 3 heteroatoms. The van der Waals surface area contributed by atoms with Crippen molar-refractivity contribution in [1.82, 2.24) is 5.32 Å². The molecular formula is C18H19NO2. The molecule has 1 aromatic heterocycles. The molecule has 1 heterocycles. The first-order chi connectivity index (χ1) is 10.3. The number of nitrogens with one attached hydrogen (secondary N) is 1. The van der Waals surface area contributed by atoms with Gasteiger partial charge in [-0.05, 0) is 25.1 Å². The molecule has 0 aliphatic carbocycles. The van der Waals surface area contributed by atoms with Gasteiger partial charge in [0, 0.05) is 24.0 Å². The maximum Gasteiger partial charge on any atom is 0.134 e. The molecule has 2 aromatic carbocycles. The lowest BCUT2D eigenvalue weighted by atomic mass is 10.1. The molecule has 0 amide bonds. The van der Waals surface area contributed by atoms with Crippen molar-refractivity contribution in [3.8, 4) is 5.75 Å². The fourth-order valence-corrected chi connectivity index (χ4v) is 2.41. The fourth-order valence-electron chi connectivity index (χ4n) is 2.41. The lowest BCUT2D eigenvalue weighted by molar-refractivity contribution is 0.313. The lowest BCUT2D eigenvalue weighted by Gasteiger charge is -2.07. The van der Waals surface area contributed by atoms with Crippen molar-refractivity contribution in [2.75, 3.05) is 13.2 Å². The molecule has 0 radical (unpaired) electrons. The number of benzene rings is 2. The molecule has 3 rings (SSSR count). The molecule has 0 unspecified atom stereocenters. The van der Waals surface area contributed by atoms with Gasteiger partial charge in [0.25, 0.3) is 0 Å².